The van der Waals surface area contributed by atoms with Crippen molar-refractivity contribution in [2.24, 2.45) is 5.92 Å². The first-order chi connectivity index (χ1) is 5.77. The molecule has 0 atom stereocenters. The zero-order valence-electron chi connectivity index (χ0n) is 7.55. The third-order valence-corrected chi connectivity index (χ3v) is 2.89. The van der Waals surface area contributed by atoms with Crippen molar-refractivity contribution in [2.45, 2.75) is 26.2 Å². The Morgan fingerprint density at radius 3 is 2.50 bits per heavy atom. The van der Waals surface area contributed by atoms with Crippen LogP contribution in [0.1, 0.15) is 26.2 Å². The minimum Gasteiger partial charge on any atom is -0.342 e. The summed E-state index contributed by atoms with van der Waals surface area (Å²) in [6.07, 6.45) is 3.54. The van der Waals surface area contributed by atoms with Gasteiger partial charge >= 0.3 is 0 Å². The number of piperidine rings is 1. The number of carbonyl (C=O) groups is 1. The van der Waals surface area contributed by atoms with Gasteiger partial charge in [-0.2, -0.15) is 0 Å². The van der Waals surface area contributed by atoms with Crippen molar-refractivity contribution < 1.29 is 4.79 Å². The molecule has 1 saturated heterocycles. The molecule has 1 aliphatic heterocycles. The van der Waals surface area contributed by atoms with Gasteiger partial charge in [0, 0.05) is 13.1 Å². The van der Waals surface area contributed by atoms with Gasteiger partial charge in [-0.25, -0.2) is 0 Å². The summed E-state index contributed by atoms with van der Waals surface area (Å²) in [4.78, 5) is 13.0. The van der Waals surface area contributed by atoms with E-state index < -0.39 is 0 Å². The summed E-state index contributed by atoms with van der Waals surface area (Å²) in [6, 6.07) is 0. The molecule has 3 heteroatoms. The highest BCUT2D eigenvalue weighted by atomic mass is 35.5. The quantitative estimate of drug-likeness (QED) is 0.608. The summed E-state index contributed by atoms with van der Waals surface area (Å²) in [7, 11) is 0. The normalized spacial score (nSPS) is 19.7. The Hall–Kier alpha value is -0.240. The number of nitrogens with zero attached hydrogens (tertiary/aromatic N) is 1. The van der Waals surface area contributed by atoms with Crippen LogP contribution in [-0.4, -0.2) is 29.8 Å². The number of carbonyl (C=O) groups excluding carboxylic acids is 1. The van der Waals surface area contributed by atoms with E-state index in [0.29, 0.717) is 0 Å². The molecule has 0 aromatic heterocycles. The van der Waals surface area contributed by atoms with Crippen LogP contribution in [0, 0.1) is 5.92 Å². The lowest BCUT2D eigenvalue weighted by atomic mass is 9.94. The minimum atomic E-state index is 0.0891. The van der Waals surface area contributed by atoms with Gasteiger partial charge in [-0.15, -0.1) is 11.6 Å². The van der Waals surface area contributed by atoms with Gasteiger partial charge in [0.05, 0.1) is 0 Å². The molecule has 2 nitrogen and oxygen atoms in total. The standard InChI is InChI=1S/C9H16ClNO/c1-2-8-3-5-11(6-4-8)9(12)7-10/h8H,2-7H2,1H3. The van der Waals surface area contributed by atoms with Crippen LogP contribution in [0.4, 0.5) is 0 Å². The molecule has 0 aromatic carbocycles. The van der Waals surface area contributed by atoms with Crippen LogP contribution in [0.5, 0.6) is 0 Å². The molecule has 1 amide bonds. The summed E-state index contributed by atoms with van der Waals surface area (Å²) in [5.74, 6) is 1.05. The van der Waals surface area contributed by atoms with Crippen LogP contribution < -0.4 is 0 Å². The van der Waals surface area contributed by atoms with E-state index in [9.17, 15) is 4.79 Å². The second kappa shape index (κ2) is 4.70. The average molecular weight is 190 g/mol. The van der Waals surface area contributed by atoms with Crippen molar-refractivity contribution in [3.63, 3.8) is 0 Å². The van der Waals surface area contributed by atoms with Gasteiger partial charge in [-0.1, -0.05) is 13.3 Å². The maximum absolute atomic E-state index is 11.2. The van der Waals surface area contributed by atoms with Crippen molar-refractivity contribution in [1.82, 2.24) is 4.90 Å². The number of hydrogen-bond donors (Lipinski definition) is 0. The molecule has 0 N–H and O–H groups in total. The maximum Gasteiger partial charge on any atom is 0.237 e. The van der Waals surface area contributed by atoms with Crippen molar-refractivity contribution in [3.05, 3.63) is 0 Å². The Morgan fingerprint density at radius 1 is 1.50 bits per heavy atom. The molecule has 0 spiro atoms. The van der Waals surface area contributed by atoms with Gasteiger partial charge in [0.2, 0.25) is 5.91 Å². The zero-order valence-corrected chi connectivity index (χ0v) is 8.31. The molecule has 0 aliphatic carbocycles. The zero-order chi connectivity index (χ0) is 8.97. The molecule has 0 aromatic rings. The molecule has 1 heterocycles. The van der Waals surface area contributed by atoms with Crippen LogP contribution in [0.15, 0.2) is 0 Å². The first-order valence-electron chi connectivity index (χ1n) is 4.61. The van der Waals surface area contributed by atoms with E-state index in [0.717, 1.165) is 31.8 Å². The maximum atomic E-state index is 11.2. The Labute approximate surface area is 78.9 Å². The van der Waals surface area contributed by atoms with E-state index in [1.54, 1.807) is 0 Å². The van der Waals surface area contributed by atoms with Crippen LogP contribution in [0.3, 0.4) is 0 Å². The van der Waals surface area contributed by atoms with Gasteiger partial charge in [0.15, 0.2) is 0 Å². The fourth-order valence-corrected chi connectivity index (χ4v) is 1.84. The van der Waals surface area contributed by atoms with Crippen molar-refractivity contribution in [1.29, 1.82) is 0 Å². The third kappa shape index (κ3) is 2.37. The molecule has 0 radical (unpaired) electrons. The van der Waals surface area contributed by atoms with Gasteiger partial charge in [-0.05, 0) is 18.8 Å². The van der Waals surface area contributed by atoms with E-state index in [-0.39, 0.29) is 11.8 Å². The predicted molar refractivity (Wildman–Crippen MR) is 50.3 cm³/mol. The largest absolute Gasteiger partial charge is 0.342 e. The molecule has 0 unspecified atom stereocenters. The fourth-order valence-electron chi connectivity index (χ4n) is 1.68. The monoisotopic (exact) mass is 189 g/mol. The first kappa shape index (κ1) is 9.85. The van der Waals surface area contributed by atoms with Crippen molar-refractivity contribution in [2.75, 3.05) is 19.0 Å². The topological polar surface area (TPSA) is 20.3 Å². The van der Waals surface area contributed by atoms with Gasteiger partial charge in [0.1, 0.15) is 5.88 Å². The number of hydrogen-bond acceptors (Lipinski definition) is 1. The van der Waals surface area contributed by atoms with E-state index in [2.05, 4.69) is 6.92 Å². The highest BCUT2D eigenvalue weighted by molar-refractivity contribution is 6.27. The number of likely N-dealkylation sites (tertiary alicyclic amines) is 1. The van der Waals surface area contributed by atoms with Crippen LogP contribution >= 0.6 is 11.6 Å². The second-order valence-corrected chi connectivity index (χ2v) is 3.63. The molecular weight excluding hydrogens is 174 g/mol. The first-order valence-corrected chi connectivity index (χ1v) is 5.15. The lowest BCUT2D eigenvalue weighted by molar-refractivity contribution is -0.129. The van der Waals surface area contributed by atoms with E-state index >= 15 is 0 Å². The van der Waals surface area contributed by atoms with Gasteiger partial charge in [-0.3, -0.25) is 4.79 Å². The molecule has 1 fully saturated rings. The highest BCUT2D eigenvalue weighted by Gasteiger charge is 2.20. The smallest absolute Gasteiger partial charge is 0.237 e. The third-order valence-electron chi connectivity index (χ3n) is 2.66. The Kier molecular flexibility index (Phi) is 3.86. The van der Waals surface area contributed by atoms with E-state index in [1.165, 1.54) is 6.42 Å². The number of rotatable bonds is 2. The average Bonchev–Trinajstić information content (AvgIpc) is 2.17. The van der Waals surface area contributed by atoms with Crippen LogP contribution in [0.25, 0.3) is 0 Å². The number of amides is 1. The molecular formula is C9H16ClNO. The summed E-state index contributed by atoms with van der Waals surface area (Å²) in [5, 5.41) is 0. The summed E-state index contributed by atoms with van der Waals surface area (Å²) >= 11 is 5.46. The molecule has 0 saturated carbocycles. The molecule has 1 rings (SSSR count). The number of alkyl halides is 1. The SMILES string of the molecule is CCC1CCN(C(=O)CCl)CC1. The van der Waals surface area contributed by atoms with E-state index in [1.807, 2.05) is 4.90 Å². The summed E-state index contributed by atoms with van der Waals surface area (Å²) in [5.41, 5.74) is 0. The Morgan fingerprint density at radius 2 is 2.08 bits per heavy atom. The Bertz CT molecular complexity index is 153. The summed E-state index contributed by atoms with van der Waals surface area (Å²) < 4.78 is 0. The lowest BCUT2D eigenvalue weighted by Crippen LogP contribution is -2.38. The number of halogens is 1. The van der Waals surface area contributed by atoms with Gasteiger partial charge in [0.25, 0.3) is 0 Å². The van der Waals surface area contributed by atoms with Crippen LogP contribution in [-0.2, 0) is 4.79 Å². The minimum absolute atomic E-state index is 0.0891. The second-order valence-electron chi connectivity index (χ2n) is 3.37. The Balaban J connectivity index is 2.30. The fraction of sp³-hybridized carbons (Fsp3) is 0.889. The van der Waals surface area contributed by atoms with Crippen molar-refractivity contribution >= 4 is 17.5 Å². The molecule has 70 valence electrons. The molecule has 0 bridgehead atoms. The predicted octanol–water partition coefficient (Wildman–Crippen LogP) is 1.87. The highest BCUT2D eigenvalue weighted by Crippen LogP contribution is 2.19. The summed E-state index contributed by atoms with van der Waals surface area (Å²) in [6.45, 7) is 4.03. The molecule has 12 heavy (non-hydrogen) atoms. The van der Waals surface area contributed by atoms with E-state index in [4.69, 9.17) is 11.6 Å². The van der Waals surface area contributed by atoms with Crippen LogP contribution in [0.2, 0.25) is 0 Å². The lowest BCUT2D eigenvalue weighted by Gasteiger charge is -2.31. The van der Waals surface area contributed by atoms with Crippen molar-refractivity contribution in [3.8, 4) is 0 Å². The molecule has 1 aliphatic rings. The van der Waals surface area contributed by atoms with Gasteiger partial charge < -0.3 is 4.90 Å².